The lowest BCUT2D eigenvalue weighted by Gasteiger charge is -2.14. The summed E-state index contributed by atoms with van der Waals surface area (Å²) in [7, 11) is 2.99. The van der Waals surface area contributed by atoms with Gasteiger partial charge in [-0.25, -0.2) is 22.9 Å². The number of benzene rings is 3. The number of hydrogen-bond donors (Lipinski definition) is 2. The first-order valence-corrected chi connectivity index (χ1v) is 13.4. The summed E-state index contributed by atoms with van der Waals surface area (Å²) >= 11 is 0. The third-order valence-corrected chi connectivity index (χ3v) is 6.58. The van der Waals surface area contributed by atoms with Crippen LogP contribution in [0, 0.1) is 11.6 Å². The number of aromatic nitrogens is 3. The van der Waals surface area contributed by atoms with Crippen molar-refractivity contribution in [1.29, 1.82) is 0 Å². The van der Waals surface area contributed by atoms with E-state index in [2.05, 4.69) is 10.3 Å². The smallest absolute Gasteiger partial charge is 0.417 e. The number of aliphatic hydroxyl groups excluding tert-OH is 1. The Morgan fingerprint density at radius 2 is 1.67 bits per heavy atom. The molecular formula is C31H26F2N4O8. The molecule has 0 spiro atoms. The summed E-state index contributed by atoms with van der Waals surface area (Å²) < 4.78 is 52.0. The minimum absolute atomic E-state index is 0.0159. The first-order chi connectivity index (χ1) is 21.7. The zero-order valence-electron chi connectivity index (χ0n) is 24.0. The van der Waals surface area contributed by atoms with Gasteiger partial charge in [0.2, 0.25) is 5.75 Å². The molecule has 232 valence electrons. The Balaban J connectivity index is 1.38. The van der Waals surface area contributed by atoms with Crippen molar-refractivity contribution in [3.8, 4) is 34.4 Å². The van der Waals surface area contributed by atoms with E-state index in [0.29, 0.717) is 32.7 Å². The summed E-state index contributed by atoms with van der Waals surface area (Å²) in [4.78, 5) is 43.1. The van der Waals surface area contributed by atoms with Gasteiger partial charge in [0.15, 0.2) is 17.3 Å². The summed E-state index contributed by atoms with van der Waals surface area (Å²) in [6.45, 7) is -0.268. The van der Waals surface area contributed by atoms with Crippen molar-refractivity contribution in [2.45, 2.75) is 13.0 Å². The molecule has 45 heavy (non-hydrogen) atoms. The number of rotatable bonds is 10. The van der Waals surface area contributed by atoms with Gasteiger partial charge in [0, 0.05) is 36.9 Å². The van der Waals surface area contributed by atoms with Gasteiger partial charge in [-0.1, -0.05) is 0 Å². The highest BCUT2D eigenvalue weighted by Gasteiger charge is 2.19. The quantitative estimate of drug-likeness (QED) is 0.229. The number of ether oxygens (including phenoxy) is 4. The van der Waals surface area contributed by atoms with Crippen LogP contribution in [-0.2, 0) is 6.54 Å². The maximum atomic E-state index is 15.1. The molecular weight excluding hydrogens is 594 g/mol. The van der Waals surface area contributed by atoms with Crippen LogP contribution in [0.1, 0.15) is 6.42 Å². The van der Waals surface area contributed by atoms with E-state index in [1.807, 2.05) is 0 Å². The van der Waals surface area contributed by atoms with E-state index in [9.17, 15) is 23.9 Å². The fourth-order valence-corrected chi connectivity index (χ4v) is 4.43. The van der Waals surface area contributed by atoms with Gasteiger partial charge < -0.3 is 24.1 Å². The monoisotopic (exact) mass is 620 g/mol. The predicted octanol–water partition coefficient (Wildman–Crippen LogP) is 4.63. The Morgan fingerprint density at radius 1 is 0.933 bits per heavy atom. The Morgan fingerprint density at radius 3 is 2.36 bits per heavy atom. The van der Waals surface area contributed by atoms with E-state index < -0.39 is 34.7 Å². The number of carbonyl (C=O) groups excluding carboxylic acids is 1. The molecule has 0 saturated heterocycles. The van der Waals surface area contributed by atoms with E-state index in [1.165, 1.54) is 44.7 Å². The molecule has 0 radical (unpaired) electrons. The number of aryl methyl sites for hydroxylation is 1. The summed E-state index contributed by atoms with van der Waals surface area (Å²) in [5.41, 5.74) is -1.52. The Bertz CT molecular complexity index is 1990. The van der Waals surface area contributed by atoms with Crippen molar-refractivity contribution in [2.24, 2.45) is 0 Å². The number of fused-ring (bicyclic) bond motifs is 1. The molecule has 12 nitrogen and oxygen atoms in total. The number of methoxy groups -OCH3 is 2. The normalized spacial score (nSPS) is 10.9. The molecule has 2 heterocycles. The van der Waals surface area contributed by atoms with Gasteiger partial charge in [0.25, 0.3) is 0 Å². The zero-order valence-corrected chi connectivity index (χ0v) is 24.0. The molecule has 3 aromatic carbocycles. The molecule has 1 amide bonds. The second-order valence-corrected chi connectivity index (χ2v) is 9.46. The summed E-state index contributed by atoms with van der Waals surface area (Å²) in [6.07, 6.45) is 1.46. The number of aliphatic hydroxyl groups is 1. The minimum Gasteiger partial charge on any atom is -0.493 e. The van der Waals surface area contributed by atoms with E-state index in [0.717, 1.165) is 29.0 Å². The average Bonchev–Trinajstić information content (AvgIpc) is 3.03. The van der Waals surface area contributed by atoms with Gasteiger partial charge in [0.05, 0.1) is 37.3 Å². The molecule has 5 rings (SSSR count). The van der Waals surface area contributed by atoms with Crippen LogP contribution in [0.15, 0.2) is 82.6 Å². The van der Waals surface area contributed by atoms with Crippen molar-refractivity contribution in [2.75, 3.05) is 26.1 Å². The van der Waals surface area contributed by atoms with Crippen LogP contribution in [0.25, 0.3) is 16.6 Å². The zero-order chi connectivity index (χ0) is 32.1. The van der Waals surface area contributed by atoms with Crippen LogP contribution in [0.5, 0.6) is 28.7 Å². The van der Waals surface area contributed by atoms with Crippen LogP contribution in [-0.4, -0.2) is 46.1 Å². The molecule has 14 heteroatoms. The van der Waals surface area contributed by atoms with Gasteiger partial charge in [-0.15, -0.1) is 0 Å². The lowest BCUT2D eigenvalue weighted by atomic mass is 10.2. The third kappa shape index (κ3) is 6.60. The van der Waals surface area contributed by atoms with Crippen molar-refractivity contribution >= 4 is 22.7 Å². The lowest BCUT2D eigenvalue weighted by Crippen LogP contribution is -2.40. The molecule has 5 aromatic rings. The Hall–Kier alpha value is -5.76. The number of halogens is 2. The van der Waals surface area contributed by atoms with Crippen molar-refractivity contribution < 1.29 is 37.6 Å². The molecule has 0 bridgehead atoms. The second kappa shape index (κ2) is 13.3. The number of hydrogen-bond acceptors (Lipinski definition) is 9. The van der Waals surface area contributed by atoms with Crippen LogP contribution in [0.3, 0.4) is 0 Å². The molecule has 2 N–H and O–H groups in total. The molecule has 2 aromatic heterocycles. The van der Waals surface area contributed by atoms with Crippen LogP contribution in [0.4, 0.5) is 19.3 Å². The molecule has 0 atom stereocenters. The number of nitrogens with one attached hydrogen (secondary N) is 1. The van der Waals surface area contributed by atoms with Gasteiger partial charge in [-0.2, -0.15) is 0 Å². The van der Waals surface area contributed by atoms with Crippen molar-refractivity contribution in [3.63, 3.8) is 0 Å². The fourth-order valence-electron chi connectivity index (χ4n) is 4.43. The maximum absolute atomic E-state index is 15.1. The van der Waals surface area contributed by atoms with Crippen molar-refractivity contribution in [3.05, 3.63) is 106 Å². The predicted molar refractivity (Wildman–Crippen MR) is 159 cm³/mol. The van der Waals surface area contributed by atoms with Crippen LogP contribution < -0.4 is 35.5 Å². The topological polar surface area (TPSA) is 143 Å². The Kier molecular flexibility index (Phi) is 9.04. The molecule has 0 unspecified atom stereocenters. The largest absolute Gasteiger partial charge is 0.493 e. The highest BCUT2D eigenvalue weighted by Crippen LogP contribution is 2.37. The molecule has 0 fully saturated rings. The Labute approximate surface area is 253 Å². The summed E-state index contributed by atoms with van der Waals surface area (Å²) in [5, 5.41) is 12.0. The first-order valence-electron chi connectivity index (χ1n) is 13.4. The highest BCUT2D eigenvalue weighted by atomic mass is 19.1. The van der Waals surface area contributed by atoms with Gasteiger partial charge in [-0.3, -0.25) is 19.7 Å². The fraction of sp³-hybridized carbons (Fsp3) is 0.161. The number of pyridine rings is 1. The van der Waals surface area contributed by atoms with Gasteiger partial charge in [0.1, 0.15) is 17.3 Å². The second-order valence-electron chi connectivity index (χ2n) is 9.46. The van der Waals surface area contributed by atoms with Crippen LogP contribution >= 0.6 is 0 Å². The van der Waals surface area contributed by atoms with Gasteiger partial charge in [-0.05, 0) is 55.0 Å². The third-order valence-electron chi connectivity index (χ3n) is 6.58. The number of amides is 1. The standard InChI is InChI=1S/C31H26F2N4O8/c1-42-26-15-21-24(16-27(26)43-2)34-11-10-25(21)44-20-8-9-23(22(33)14-20)35-30(40)45-28-17-36(12-3-13-38)31(41)37(29(28)39)19-6-4-18(32)5-7-19/h4-11,14-17,38H,3,12-13H2,1-2H3,(H,35,40). The van der Waals surface area contributed by atoms with E-state index in [4.69, 9.17) is 18.9 Å². The maximum Gasteiger partial charge on any atom is 0.417 e. The van der Waals surface area contributed by atoms with Crippen molar-refractivity contribution in [1.82, 2.24) is 14.1 Å². The average molecular weight is 621 g/mol. The van der Waals surface area contributed by atoms with E-state index in [-0.39, 0.29) is 36.7 Å². The van der Waals surface area contributed by atoms with Gasteiger partial charge >= 0.3 is 17.3 Å². The van der Waals surface area contributed by atoms with E-state index in [1.54, 1.807) is 18.2 Å². The molecule has 0 aliphatic carbocycles. The summed E-state index contributed by atoms with van der Waals surface area (Å²) in [5.74, 6) is -0.652. The number of nitrogens with zero attached hydrogens (tertiary/aromatic N) is 3. The lowest BCUT2D eigenvalue weighted by molar-refractivity contribution is 0.213. The number of anilines is 1. The molecule has 0 aliphatic heterocycles. The summed E-state index contributed by atoms with van der Waals surface area (Å²) in [6, 6.07) is 13.2. The molecule has 0 aliphatic rings. The number of carbonyl (C=O) groups is 1. The minimum atomic E-state index is -1.22. The first kappa shape index (κ1) is 30.7. The van der Waals surface area contributed by atoms with Crippen LogP contribution in [0.2, 0.25) is 0 Å². The highest BCUT2D eigenvalue weighted by molar-refractivity contribution is 5.89. The van der Waals surface area contributed by atoms with E-state index >= 15 is 4.39 Å². The SMILES string of the molecule is COc1cc2nccc(Oc3ccc(NC(=O)Oc4cn(CCCO)c(=O)n(-c5ccc(F)cc5)c4=O)c(F)c3)c2cc1OC. The molecule has 0 saturated carbocycles.